The van der Waals surface area contributed by atoms with Crippen LogP contribution < -0.4 is 5.32 Å². The van der Waals surface area contributed by atoms with Crippen LogP contribution in [0.2, 0.25) is 5.02 Å². The van der Waals surface area contributed by atoms with Gasteiger partial charge >= 0.3 is 0 Å². The summed E-state index contributed by atoms with van der Waals surface area (Å²) >= 11 is 7.19. The number of carbonyl (C=O) groups excluding carboxylic acids is 1. The minimum Gasteiger partial charge on any atom is -0.321 e. The number of amides is 1. The van der Waals surface area contributed by atoms with Crippen molar-refractivity contribution in [1.29, 1.82) is 0 Å². The molecule has 114 valence electrons. The van der Waals surface area contributed by atoms with Crippen LogP contribution in [0.3, 0.4) is 0 Å². The number of aryl methyl sites for hydroxylation is 1. The molecule has 0 unspecified atom stereocenters. The molecule has 0 aliphatic rings. The summed E-state index contributed by atoms with van der Waals surface area (Å²) in [5.41, 5.74) is 1.57. The molecular weight excluding hydrogens is 320 g/mol. The van der Waals surface area contributed by atoms with Crippen LogP contribution in [0.1, 0.15) is 41.0 Å². The van der Waals surface area contributed by atoms with E-state index >= 15 is 0 Å². The molecule has 0 saturated carbocycles. The van der Waals surface area contributed by atoms with E-state index < -0.39 is 0 Å². The summed E-state index contributed by atoms with van der Waals surface area (Å²) in [5, 5.41) is 11.9. The monoisotopic (exact) mass is 334 g/mol. The first-order valence-electron chi connectivity index (χ1n) is 6.88. The normalized spacial score (nSPS) is 11.3. The van der Waals surface area contributed by atoms with Crippen molar-refractivity contribution in [3.05, 3.63) is 45.7 Å². The summed E-state index contributed by atoms with van der Waals surface area (Å²) in [4.78, 5) is 13.9. The summed E-state index contributed by atoms with van der Waals surface area (Å²) < 4.78 is 1.95. The number of benzene rings is 1. The Morgan fingerprint density at radius 1 is 1.27 bits per heavy atom. The molecule has 5 nitrogen and oxygen atoms in total. The molecular formula is C15H15ClN4OS. The molecule has 0 spiro atoms. The van der Waals surface area contributed by atoms with E-state index in [1.54, 1.807) is 24.3 Å². The molecule has 3 aromatic rings. The SMILES string of the molecule is Cc1c(C(=O)Nc2ccc(Cl)cc2)sc2nnc(C(C)C)n12. The van der Waals surface area contributed by atoms with Gasteiger partial charge in [0.15, 0.2) is 0 Å². The first-order chi connectivity index (χ1) is 10.5. The highest BCUT2D eigenvalue weighted by atomic mass is 35.5. The standard InChI is InChI=1S/C15H15ClN4OS/c1-8(2)13-18-19-15-20(13)9(3)12(22-15)14(21)17-11-6-4-10(16)5-7-11/h4-8H,1-3H3,(H,17,21). The molecule has 0 aliphatic carbocycles. The van der Waals surface area contributed by atoms with Gasteiger partial charge in [-0.25, -0.2) is 0 Å². The Kier molecular flexibility index (Phi) is 3.88. The first kappa shape index (κ1) is 15.0. The smallest absolute Gasteiger partial charge is 0.267 e. The van der Waals surface area contributed by atoms with Gasteiger partial charge in [-0.15, -0.1) is 10.2 Å². The maximum Gasteiger partial charge on any atom is 0.267 e. The van der Waals surface area contributed by atoms with Gasteiger partial charge in [-0.05, 0) is 31.2 Å². The average molecular weight is 335 g/mol. The van der Waals surface area contributed by atoms with Gasteiger partial charge in [0.2, 0.25) is 4.96 Å². The molecule has 3 rings (SSSR count). The van der Waals surface area contributed by atoms with E-state index in [0.717, 1.165) is 16.5 Å². The number of anilines is 1. The van der Waals surface area contributed by atoms with Gasteiger partial charge < -0.3 is 5.32 Å². The lowest BCUT2D eigenvalue weighted by Crippen LogP contribution is -2.12. The summed E-state index contributed by atoms with van der Waals surface area (Å²) in [6.07, 6.45) is 0. The number of hydrogen-bond acceptors (Lipinski definition) is 4. The highest BCUT2D eigenvalue weighted by Crippen LogP contribution is 2.26. The molecule has 22 heavy (non-hydrogen) atoms. The molecule has 0 atom stereocenters. The predicted octanol–water partition coefficient (Wildman–Crippen LogP) is 4.13. The zero-order valence-corrected chi connectivity index (χ0v) is 14.0. The van der Waals surface area contributed by atoms with E-state index in [1.807, 2.05) is 11.3 Å². The summed E-state index contributed by atoms with van der Waals surface area (Å²) in [7, 11) is 0. The van der Waals surface area contributed by atoms with Gasteiger partial charge in [-0.1, -0.05) is 36.8 Å². The minimum atomic E-state index is -0.148. The predicted molar refractivity (Wildman–Crippen MR) is 89.1 cm³/mol. The molecule has 0 bridgehead atoms. The Morgan fingerprint density at radius 2 is 1.95 bits per heavy atom. The number of thiazole rings is 1. The second-order valence-electron chi connectivity index (χ2n) is 5.31. The van der Waals surface area contributed by atoms with Crippen LogP contribution in [0.15, 0.2) is 24.3 Å². The number of rotatable bonds is 3. The lowest BCUT2D eigenvalue weighted by molar-refractivity contribution is 0.102. The zero-order chi connectivity index (χ0) is 15.9. The molecule has 0 radical (unpaired) electrons. The fraction of sp³-hybridized carbons (Fsp3) is 0.267. The largest absolute Gasteiger partial charge is 0.321 e. The highest BCUT2D eigenvalue weighted by molar-refractivity contribution is 7.19. The molecule has 7 heteroatoms. The Bertz CT molecular complexity index is 835. The van der Waals surface area contributed by atoms with E-state index in [4.69, 9.17) is 11.6 Å². The molecule has 2 heterocycles. The quantitative estimate of drug-likeness (QED) is 0.783. The van der Waals surface area contributed by atoms with E-state index in [9.17, 15) is 4.79 Å². The summed E-state index contributed by atoms with van der Waals surface area (Å²) in [6, 6.07) is 7.03. The van der Waals surface area contributed by atoms with E-state index in [0.29, 0.717) is 15.6 Å². The van der Waals surface area contributed by atoms with Gasteiger partial charge in [-0.3, -0.25) is 9.20 Å². The molecule has 1 aromatic carbocycles. The van der Waals surface area contributed by atoms with Crippen molar-refractivity contribution in [3.63, 3.8) is 0 Å². The van der Waals surface area contributed by atoms with Gasteiger partial charge in [0.1, 0.15) is 10.7 Å². The van der Waals surface area contributed by atoms with Crippen LogP contribution in [0.25, 0.3) is 4.96 Å². The second-order valence-corrected chi connectivity index (χ2v) is 6.72. The molecule has 1 N–H and O–H groups in total. The van der Waals surface area contributed by atoms with Crippen molar-refractivity contribution in [2.24, 2.45) is 0 Å². The third-order valence-corrected chi connectivity index (χ3v) is 4.72. The number of aromatic nitrogens is 3. The fourth-order valence-corrected chi connectivity index (χ4v) is 3.33. The lowest BCUT2D eigenvalue weighted by atomic mass is 10.2. The number of hydrogen-bond donors (Lipinski definition) is 1. The Morgan fingerprint density at radius 3 is 2.59 bits per heavy atom. The van der Waals surface area contributed by atoms with Gasteiger partial charge in [0, 0.05) is 22.3 Å². The van der Waals surface area contributed by atoms with Gasteiger partial charge in [0.25, 0.3) is 5.91 Å². The van der Waals surface area contributed by atoms with Crippen LogP contribution in [-0.4, -0.2) is 20.5 Å². The van der Waals surface area contributed by atoms with Gasteiger partial charge in [0.05, 0.1) is 0 Å². The molecule has 0 fully saturated rings. The van der Waals surface area contributed by atoms with Crippen molar-refractivity contribution in [1.82, 2.24) is 14.6 Å². The van der Waals surface area contributed by atoms with Crippen molar-refractivity contribution in [2.45, 2.75) is 26.7 Å². The maximum atomic E-state index is 12.5. The number of halogens is 1. The van der Waals surface area contributed by atoms with Crippen molar-refractivity contribution in [2.75, 3.05) is 5.32 Å². The molecule has 1 amide bonds. The number of carbonyl (C=O) groups is 1. The zero-order valence-electron chi connectivity index (χ0n) is 12.4. The minimum absolute atomic E-state index is 0.148. The molecule has 0 saturated heterocycles. The summed E-state index contributed by atoms with van der Waals surface area (Å²) in [6.45, 7) is 6.03. The Labute approximate surface area is 136 Å². The lowest BCUT2D eigenvalue weighted by Gasteiger charge is -2.05. The first-order valence-corrected chi connectivity index (χ1v) is 8.08. The van der Waals surface area contributed by atoms with E-state index in [1.165, 1.54) is 11.3 Å². The van der Waals surface area contributed by atoms with E-state index in [-0.39, 0.29) is 11.8 Å². The molecule has 0 aliphatic heterocycles. The maximum absolute atomic E-state index is 12.5. The van der Waals surface area contributed by atoms with Crippen molar-refractivity contribution < 1.29 is 4.79 Å². The fourth-order valence-electron chi connectivity index (χ4n) is 2.23. The van der Waals surface area contributed by atoms with Crippen molar-refractivity contribution >= 4 is 39.5 Å². The number of nitrogens with one attached hydrogen (secondary N) is 1. The number of nitrogens with zero attached hydrogens (tertiary/aromatic N) is 3. The van der Waals surface area contributed by atoms with E-state index in [2.05, 4.69) is 29.4 Å². The molecule has 2 aromatic heterocycles. The van der Waals surface area contributed by atoms with Crippen LogP contribution in [-0.2, 0) is 0 Å². The van der Waals surface area contributed by atoms with Gasteiger partial charge in [-0.2, -0.15) is 0 Å². The topological polar surface area (TPSA) is 59.3 Å². The second kappa shape index (κ2) is 5.70. The van der Waals surface area contributed by atoms with Crippen LogP contribution in [0.5, 0.6) is 0 Å². The Hall–Kier alpha value is -1.92. The third-order valence-electron chi connectivity index (χ3n) is 3.34. The summed E-state index contributed by atoms with van der Waals surface area (Å²) in [5.74, 6) is 0.967. The van der Waals surface area contributed by atoms with Crippen molar-refractivity contribution in [3.8, 4) is 0 Å². The van der Waals surface area contributed by atoms with Crippen LogP contribution in [0.4, 0.5) is 5.69 Å². The van der Waals surface area contributed by atoms with Crippen LogP contribution in [0, 0.1) is 6.92 Å². The highest BCUT2D eigenvalue weighted by Gasteiger charge is 2.20. The third kappa shape index (κ3) is 2.60. The number of fused-ring (bicyclic) bond motifs is 1. The van der Waals surface area contributed by atoms with Crippen LogP contribution >= 0.6 is 22.9 Å². The average Bonchev–Trinajstić information content (AvgIpc) is 3.02. The Balaban J connectivity index is 1.94.